The number of aromatic amines is 1. The van der Waals surface area contributed by atoms with Crippen LogP contribution in [-0.4, -0.2) is 34.2 Å². The maximum atomic E-state index is 5.65. The Labute approximate surface area is 103 Å². The highest BCUT2D eigenvalue weighted by Gasteiger charge is 2.21. The van der Waals surface area contributed by atoms with Crippen LogP contribution >= 0.6 is 12.4 Å². The quantitative estimate of drug-likeness (QED) is 0.845. The van der Waals surface area contributed by atoms with Crippen molar-refractivity contribution in [2.45, 2.75) is 38.3 Å². The van der Waals surface area contributed by atoms with Crippen molar-refractivity contribution < 1.29 is 0 Å². The number of hydrogen-bond acceptors (Lipinski definition) is 3. The molecule has 2 heterocycles. The number of nitrogens with two attached hydrogens (primary N) is 1. The van der Waals surface area contributed by atoms with Gasteiger partial charge in [0.1, 0.15) is 0 Å². The molecule has 0 spiro atoms. The minimum absolute atomic E-state index is 0. The molecule has 0 bridgehead atoms. The van der Waals surface area contributed by atoms with E-state index in [1.54, 1.807) is 0 Å². The molecule has 1 atom stereocenters. The standard InChI is InChI=1S/C11H20N4.ClH/c12-6-4-11-3-1-2-8-15(11)9-10-5-7-13-14-10;/h5,7,11H,1-4,6,8-9,12H2,(H,13,14);1H. The first-order valence-electron chi connectivity index (χ1n) is 5.82. The summed E-state index contributed by atoms with van der Waals surface area (Å²) in [6.45, 7) is 2.98. The van der Waals surface area contributed by atoms with Crippen LogP contribution in [0.15, 0.2) is 12.3 Å². The fraction of sp³-hybridized carbons (Fsp3) is 0.727. The van der Waals surface area contributed by atoms with Gasteiger partial charge in [-0.2, -0.15) is 5.10 Å². The van der Waals surface area contributed by atoms with E-state index in [1.807, 2.05) is 12.3 Å². The molecule has 1 saturated heterocycles. The predicted octanol–water partition coefficient (Wildman–Crippen LogP) is 1.53. The summed E-state index contributed by atoms with van der Waals surface area (Å²) in [5.74, 6) is 0. The molecular weight excluding hydrogens is 224 g/mol. The third-order valence-electron chi connectivity index (χ3n) is 3.18. The molecule has 92 valence electrons. The first kappa shape index (κ1) is 13.5. The lowest BCUT2D eigenvalue weighted by atomic mass is 9.99. The van der Waals surface area contributed by atoms with Crippen molar-refractivity contribution in [1.29, 1.82) is 0 Å². The fourth-order valence-electron chi connectivity index (χ4n) is 2.38. The summed E-state index contributed by atoms with van der Waals surface area (Å²) >= 11 is 0. The minimum atomic E-state index is 0. The lowest BCUT2D eigenvalue weighted by Crippen LogP contribution is -2.40. The average Bonchev–Trinajstić information content (AvgIpc) is 2.74. The van der Waals surface area contributed by atoms with Crippen molar-refractivity contribution in [2.75, 3.05) is 13.1 Å². The van der Waals surface area contributed by atoms with Gasteiger partial charge in [-0.1, -0.05) is 6.42 Å². The average molecular weight is 245 g/mol. The summed E-state index contributed by atoms with van der Waals surface area (Å²) in [5, 5.41) is 7.01. The van der Waals surface area contributed by atoms with Crippen LogP contribution < -0.4 is 5.73 Å². The van der Waals surface area contributed by atoms with E-state index in [9.17, 15) is 0 Å². The zero-order valence-electron chi connectivity index (χ0n) is 9.56. The number of nitrogens with zero attached hydrogens (tertiary/aromatic N) is 2. The number of likely N-dealkylation sites (tertiary alicyclic amines) is 1. The molecule has 1 aliphatic rings. The molecule has 16 heavy (non-hydrogen) atoms. The van der Waals surface area contributed by atoms with Gasteiger partial charge in [-0.15, -0.1) is 12.4 Å². The molecule has 0 aliphatic carbocycles. The van der Waals surface area contributed by atoms with E-state index in [0.717, 1.165) is 19.5 Å². The lowest BCUT2D eigenvalue weighted by molar-refractivity contribution is 0.132. The van der Waals surface area contributed by atoms with Crippen molar-refractivity contribution in [3.05, 3.63) is 18.0 Å². The monoisotopic (exact) mass is 244 g/mol. The number of H-pyrrole nitrogens is 1. The zero-order valence-corrected chi connectivity index (χ0v) is 10.4. The molecule has 1 aromatic heterocycles. The Bertz CT molecular complexity index is 274. The van der Waals surface area contributed by atoms with Crippen LogP contribution in [0.25, 0.3) is 0 Å². The van der Waals surface area contributed by atoms with Crippen LogP contribution in [0.3, 0.4) is 0 Å². The molecule has 1 unspecified atom stereocenters. The van der Waals surface area contributed by atoms with Gasteiger partial charge >= 0.3 is 0 Å². The molecule has 0 radical (unpaired) electrons. The van der Waals surface area contributed by atoms with E-state index >= 15 is 0 Å². The maximum absolute atomic E-state index is 5.65. The molecule has 0 amide bonds. The summed E-state index contributed by atoms with van der Waals surface area (Å²) in [7, 11) is 0. The normalized spacial score (nSPS) is 21.7. The van der Waals surface area contributed by atoms with Crippen molar-refractivity contribution >= 4 is 12.4 Å². The molecule has 4 nitrogen and oxygen atoms in total. The van der Waals surface area contributed by atoms with Gasteiger partial charge in [0, 0.05) is 24.5 Å². The highest BCUT2D eigenvalue weighted by molar-refractivity contribution is 5.85. The summed E-state index contributed by atoms with van der Waals surface area (Å²) < 4.78 is 0. The van der Waals surface area contributed by atoms with Gasteiger partial charge in [0.2, 0.25) is 0 Å². The number of rotatable bonds is 4. The second-order valence-electron chi connectivity index (χ2n) is 4.28. The summed E-state index contributed by atoms with van der Waals surface area (Å²) in [6.07, 6.45) is 6.90. The Morgan fingerprint density at radius 2 is 2.38 bits per heavy atom. The van der Waals surface area contributed by atoms with Crippen molar-refractivity contribution in [3.63, 3.8) is 0 Å². The third kappa shape index (κ3) is 3.47. The Morgan fingerprint density at radius 1 is 1.50 bits per heavy atom. The number of nitrogens with one attached hydrogen (secondary N) is 1. The predicted molar refractivity (Wildman–Crippen MR) is 67.6 cm³/mol. The van der Waals surface area contributed by atoms with Gasteiger partial charge in [0.15, 0.2) is 0 Å². The molecule has 5 heteroatoms. The number of halogens is 1. The summed E-state index contributed by atoms with van der Waals surface area (Å²) in [5.41, 5.74) is 6.86. The SMILES string of the molecule is Cl.NCCC1CCCCN1Cc1ccn[nH]1. The smallest absolute Gasteiger partial charge is 0.0492 e. The lowest BCUT2D eigenvalue weighted by Gasteiger charge is -2.35. The van der Waals surface area contributed by atoms with Gasteiger partial charge in [-0.25, -0.2) is 0 Å². The second kappa shape index (κ2) is 6.89. The zero-order chi connectivity index (χ0) is 10.5. The molecule has 0 aromatic carbocycles. The topological polar surface area (TPSA) is 57.9 Å². The van der Waals surface area contributed by atoms with Gasteiger partial charge in [-0.05, 0) is 38.4 Å². The van der Waals surface area contributed by atoms with E-state index in [1.165, 1.54) is 31.5 Å². The van der Waals surface area contributed by atoms with Crippen molar-refractivity contribution in [3.8, 4) is 0 Å². The molecule has 1 aromatic rings. The maximum Gasteiger partial charge on any atom is 0.0492 e. The first-order valence-corrected chi connectivity index (χ1v) is 5.82. The Morgan fingerprint density at radius 3 is 3.06 bits per heavy atom. The Balaban J connectivity index is 0.00000128. The highest BCUT2D eigenvalue weighted by atomic mass is 35.5. The third-order valence-corrected chi connectivity index (χ3v) is 3.18. The van der Waals surface area contributed by atoms with Crippen LogP contribution in [0.2, 0.25) is 0 Å². The molecule has 1 fully saturated rings. The van der Waals surface area contributed by atoms with E-state index in [4.69, 9.17) is 5.73 Å². The first-order chi connectivity index (χ1) is 7.40. The van der Waals surface area contributed by atoms with Crippen LogP contribution in [0.5, 0.6) is 0 Å². The number of aromatic nitrogens is 2. The van der Waals surface area contributed by atoms with Crippen LogP contribution in [0.4, 0.5) is 0 Å². The molecular formula is C11H21ClN4. The van der Waals surface area contributed by atoms with Crippen LogP contribution in [0, 0.1) is 0 Å². The Kier molecular flexibility index (Phi) is 5.80. The van der Waals surface area contributed by atoms with Crippen LogP contribution in [-0.2, 0) is 6.54 Å². The minimum Gasteiger partial charge on any atom is -0.330 e. The molecule has 2 rings (SSSR count). The van der Waals surface area contributed by atoms with E-state index < -0.39 is 0 Å². The van der Waals surface area contributed by atoms with Gasteiger partial charge in [0.25, 0.3) is 0 Å². The molecule has 0 saturated carbocycles. The number of piperidine rings is 1. The van der Waals surface area contributed by atoms with Crippen molar-refractivity contribution in [2.24, 2.45) is 5.73 Å². The molecule has 3 N–H and O–H groups in total. The second-order valence-corrected chi connectivity index (χ2v) is 4.28. The molecule has 1 aliphatic heterocycles. The van der Waals surface area contributed by atoms with E-state index in [-0.39, 0.29) is 12.4 Å². The number of hydrogen-bond donors (Lipinski definition) is 2. The van der Waals surface area contributed by atoms with Gasteiger partial charge < -0.3 is 5.73 Å². The van der Waals surface area contributed by atoms with Crippen molar-refractivity contribution in [1.82, 2.24) is 15.1 Å². The Hall–Kier alpha value is -0.580. The summed E-state index contributed by atoms with van der Waals surface area (Å²) in [6, 6.07) is 2.72. The fourth-order valence-corrected chi connectivity index (χ4v) is 2.38. The van der Waals surface area contributed by atoms with Gasteiger partial charge in [-0.3, -0.25) is 10.00 Å². The van der Waals surface area contributed by atoms with Crippen LogP contribution in [0.1, 0.15) is 31.4 Å². The summed E-state index contributed by atoms with van der Waals surface area (Å²) in [4.78, 5) is 2.53. The van der Waals surface area contributed by atoms with E-state index in [0.29, 0.717) is 6.04 Å². The van der Waals surface area contributed by atoms with E-state index in [2.05, 4.69) is 15.1 Å². The largest absolute Gasteiger partial charge is 0.330 e. The highest BCUT2D eigenvalue weighted by Crippen LogP contribution is 2.20. The van der Waals surface area contributed by atoms with Gasteiger partial charge in [0.05, 0.1) is 0 Å².